The molecule has 1 fully saturated rings. The number of carbonyl (C=O) groups is 3. The van der Waals surface area contributed by atoms with Crippen molar-refractivity contribution in [3.63, 3.8) is 0 Å². The topological polar surface area (TPSA) is 91.7 Å². The Balaban J connectivity index is 1.61. The Morgan fingerprint density at radius 3 is 2.47 bits per heavy atom. The van der Waals surface area contributed by atoms with Gasteiger partial charge in [-0.25, -0.2) is 0 Å². The summed E-state index contributed by atoms with van der Waals surface area (Å²) in [6.45, 7) is -0.250. The molecule has 3 aromatic rings. The molecule has 1 aromatic carbocycles. The predicted molar refractivity (Wildman–Crippen MR) is 122 cm³/mol. The lowest BCUT2D eigenvalue weighted by Crippen LogP contribution is -2.49. The summed E-state index contributed by atoms with van der Waals surface area (Å²) in [6, 6.07) is 14.9. The molecule has 4 rings (SSSR count). The minimum atomic E-state index is -0.987. The fraction of sp³-hybridized carbons (Fsp3) is 0.292. The van der Waals surface area contributed by atoms with Gasteiger partial charge in [0.1, 0.15) is 5.76 Å². The van der Waals surface area contributed by atoms with Crippen molar-refractivity contribution in [1.29, 1.82) is 0 Å². The third kappa shape index (κ3) is 5.08. The number of thiophene rings is 1. The first-order valence-corrected chi connectivity index (χ1v) is 11.5. The molecule has 1 aliphatic carbocycles. The third-order valence-corrected chi connectivity index (χ3v) is 6.34. The van der Waals surface area contributed by atoms with E-state index < -0.39 is 11.9 Å². The second-order valence-electron chi connectivity index (χ2n) is 7.67. The van der Waals surface area contributed by atoms with E-state index in [1.165, 1.54) is 22.5 Å². The largest absolute Gasteiger partial charge is 0.467 e. The first-order valence-electron chi connectivity index (χ1n) is 10.7. The van der Waals surface area contributed by atoms with Crippen molar-refractivity contribution >= 4 is 34.7 Å². The lowest BCUT2D eigenvalue weighted by atomic mass is 10.1. The SMILES string of the molecule is O=C(NCC(=O)N(c1ccccc1)[C@H](C(=O)NC1CCCC1)c1ccco1)c1cccs1. The van der Waals surface area contributed by atoms with Crippen LogP contribution in [-0.2, 0) is 9.59 Å². The van der Waals surface area contributed by atoms with Crippen LogP contribution in [0.25, 0.3) is 0 Å². The van der Waals surface area contributed by atoms with Crippen LogP contribution in [0.15, 0.2) is 70.7 Å². The number of furan rings is 1. The summed E-state index contributed by atoms with van der Waals surface area (Å²) >= 11 is 1.30. The van der Waals surface area contributed by atoms with Gasteiger partial charge in [0.25, 0.3) is 11.8 Å². The van der Waals surface area contributed by atoms with Crippen molar-refractivity contribution in [2.45, 2.75) is 37.8 Å². The summed E-state index contributed by atoms with van der Waals surface area (Å²) in [5.74, 6) is -0.675. The number of hydrogen-bond donors (Lipinski definition) is 2. The molecule has 1 aliphatic rings. The number of hydrogen-bond acceptors (Lipinski definition) is 5. The van der Waals surface area contributed by atoms with Gasteiger partial charge < -0.3 is 15.1 Å². The number of para-hydroxylation sites is 1. The van der Waals surface area contributed by atoms with Crippen molar-refractivity contribution in [2.24, 2.45) is 0 Å². The van der Waals surface area contributed by atoms with Gasteiger partial charge in [0.2, 0.25) is 5.91 Å². The Morgan fingerprint density at radius 2 is 1.81 bits per heavy atom. The lowest BCUT2D eigenvalue weighted by Gasteiger charge is -2.31. The molecule has 2 aromatic heterocycles. The van der Waals surface area contributed by atoms with Crippen molar-refractivity contribution in [3.8, 4) is 0 Å². The summed E-state index contributed by atoms with van der Waals surface area (Å²) in [5, 5.41) is 7.55. The molecule has 2 N–H and O–H groups in total. The van der Waals surface area contributed by atoms with E-state index in [9.17, 15) is 14.4 Å². The zero-order chi connectivity index (χ0) is 22.3. The van der Waals surface area contributed by atoms with Crippen LogP contribution in [0.1, 0.15) is 47.2 Å². The van der Waals surface area contributed by atoms with Crippen LogP contribution in [0.4, 0.5) is 5.69 Å². The zero-order valence-electron chi connectivity index (χ0n) is 17.5. The van der Waals surface area contributed by atoms with Crippen LogP contribution in [0.2, 0.25) is 0 Å². The molecule has 1 saturated carbocycles. The Bertz CT molecular complexity index is 1030. The highest BCUT2D eigenvalue weighted by Crippen LogP contribution is 2.29. The fourth-order valence-corrected chi connectivity index (χ4v) is 4.57. The molecule has 0 spiro atoms. The van der Waals surface area contributed by atoms with Gasteiger partial charge in [-0.1, -0.05) is 37.1 Å². The van der Waals surface area contributed by atoms with Crippen molar-refractivity contribution < 1.29 is 18.8 Å². The van der Waals surface area contributed by atoms with E-state index in [0.29, 0.717) is 16.3 Å². The summed E-state index contributed by atoms with van der Waals surface area (Å²) in [4.78, 5) is 41.1. The predicted octanol–water partition coefficient (Wildman–Crippen LogP) is 3.90. The van der Waals surface area contributed by atoms with Crippen LogP contribution in [0.3, 0.4) is 0 Å². The van der Waals surface area contributed by atoms with Gasteiger partial charge in [-0.2, -0.15) is 0 Å². The Labute approximate surface area is 190 Å². The first kappa shape index (κ1) is 21.8. The summed E-state index contributed by atoms with van der Waals surface area (Å²) < 4.78 is 5.58. The van der Waals surface area contributed by atoms with Crippen LogP contribution < -0.4 is 15.5 Å². The highest BCUT2D eigenvalue weighted by atomic mass is 32.1. The average molecular weight is 452 g/mol. The maximum atomic E-state index is 13.4. The van der Waals surface area contributed by atoms with Gasteiger partial charge in [-0.15, -0.1) is 11.3 Å². The first-order chi connectivity index (χ1) is 15.6. The van der Waals surface area contributed by atoms with E-state index in [-0.39, 0.29) is 24.4 Å². The molecule has 0 aliphatic heterocycles. The zero-order valence-corrected chi connectivity index (χ0v) is 18.3. The molecule has 1 atom stereocenters. The number of nitrogens with zero attached hydrogens (tertiary/aromatic N) is 1. The van der Waals surface area contributed by atoms with E-state index in [1.807, 2.05) is 6.07 Å². The van der Waals surface area contributed by atoms with Crippen LogP contribution >= 0.6 is 11.3 Å². The molecule has 0 bridgehead atoms. The normalized spacial score (nSPS) is 14.6. The van der Waals surface area contributed by atoms with Gasteiger partial charge in [0.05, 0.1) is 17.7 Å². The number of carbonyl (C=O) groups excluding carboxylic acids is 3. The minimum absolute atomic E-state index is 0.0891. The molecule has 166 valence electrons. The van der Waals surface area contributed by atoms with Crippen LogP contribution in [-0.4, -0.2) is 30.3 Å². The van der Waals surface area contributed by atoms with Gasteiger partial charge in [-0.3, -0.25) is 19.3 Å². The minimum Gasteiger partial charge on any atom is -0.467 e. The van der Waals surface area contributed by atoms with E-state index in [0.717, 1.165) is 25.7 Å². The van der Waals surface area contributed by atoms with Gasteiger partial charge in [0, 0.05) is 11.7 Å². The molecule has 3 amide bonds. The molecule has 0 saturated heterocycles. The Kier molecular flexibility index (Phi) is 7.01. The molecule has 7 nitrogen and oxygen atoms in total. The smallest absolute Gasteiger partial charge is 0.261 e. The monoisotopic (exact) mass is 451 g/mol. The molecule has 0 radical (unpaired) electrons. The molecule has 0 unspecified atom stereocenters. The Hall–Kier alpha value is -3.39. The molecule has 8 heteroatoms. The third-order valence-electron chi connectivity index (χ3n) is 5.47. The highest BCUT2D eigenvalue weighted by molar-refractivity contribution is 7.12. The molecule has 2 heterocycles. The number of amides is 3. The molecular weight excluding hydrogens is 426 g/mol. The van der Waals surface area contributed by atoms with E-state index in [1.54, 1.807) is 53.9 Å². The van der Waals surface area contributed by atoms with Gasteiger partial charge in [-0.05, 0) is 48.6 Å². The summed E-state index contributed by atoms with van der Waals surface area (Å²) in [5.41, 5.74) is 0.547. The van der Waals surface area contributed by atoms with Crippen molar-refractivity contribution in [3.05, 3.63) is 76.9 Å². The fourth-order valence-electron chi connectivity index (χ4n) is 3.93. The van der Waals surface area contributed by atoms with Crippen molar-refractivity contribution in [1.82, 2.24) is 10.6 Å². The molecular formula is C24H25N3O4S. The standard InChI is InChI=1S/C24H25N3O4S/c28-21(16-25-23(29)20-13-7-15-32-20)27(18-10-2-1-3-11-18)22(19-12-6-14-31-19)24(30)26-17-8-4-5-9-17/h1-3,6-7,10-15,17,22H,4-5,8-9,16H2,(H,25,29)(H,26,30)/t22-/m0/s1. The van der Waals surface area contributed by atoms with E-state index in [2.05, 4.69) is 10.6 Å². The number of nitrogens with one attached hydrogen (secondary N) is 2. The van der Waals surface area contributed by atoms with E-state index in [4.69, 9.17) is 4.42 Å². The maximum absolute atomic E-state index is 13.4. The van der Waals surface area contributed by atoms with Gasteiger partial charge >= 0.3 is 0 Å². The molecule has 32 heavy (non-hydrogen) atoms. The van der Waals surface area contributed by atoms with Crippen LogP contribution in [0, 0.1) is 0 Å². The summed E-state index contributed by atoms with van der Waals surface area (Å²) in [7, 11) is 0. The lowest BCUT2D eigenvalue weighted by molar-refractivity contribution is -0.127. The number of rotatable bonds is 8. The maximum Gasteiger partial charge on any atom is 0.261 e. The van der Waals surface area contributed by atoms with E-state index >= 15 is 0 Å². The average Bonchev–Trinajstić information content (AvgIpc) is 3.59. The number of anilines is 1. The van der Waals surface area contributed by atoms with Crippen molar-refractivity contribution in [2.75, 3.05) is 11.4 Å². The Morgan fingerprint density at radius 1 is 1.03 bits per heavy atom. The summed E-state index contributed by atoms with van der Waals surface area (Å²) in [6.07, 6.45) is 5.48. The number of benzene rings is 1. The van der Waals surface area contributed by atoms with Gasteiger partial charge in [0.15, 0.2) is 6.04 Å². The highest BCUT2D eigenvalue weighted by Gasteiger charge is 2.36. The van der Waals surface area contributed by atoms with Crippen LogP contribution in [0.5, 0.6) is 0 Å². The second-order valence-corrected chi connectivity index (χ2v) is 8.61. The second kappa shape index (κ2) is 10.3. The quantitative estimate of drug-likeness (QED) is 0.543.